The topological polar surface area (TPSA) is 58.6 Å². The van der Waals surface area contributed by atoms with Gasteiger partial charge in [0, 0.05) is 36.7 Å². The number of benzene rings is 2. The number of anilines is 1. The van der Waals surface area contributed by atoms with Crippen molar-refractivity contribution in [3.05, 3.63) is 59.7 Å². The van der Waals surface area contributed by atoms with Gasteiger partial charge in [-0.3, -0.25) is 9.59 Å². The summed E-state index contributed by atoms with van der Waals surface area (Å²) in [6.07, 6.45) is 0.446. The zero-order valence-electron chi connectivity index (χ0n) is 15.2. The van der Waals surface area contributed by atoms with Crippen LogP contribution in [0.1, 0.15) is 29.3 Å². The summed E-state index contributed by atoms with van der Waals surface area (Å²) in [6.45, 7) is 5.62. The van der Waals surface area contributed by atoms with Crippen LogP contribution in [-0.2, 0) is 4.79 Å². The van der Waals surface area contributed by atoms with Crippen LogP contribution in [0.2, 0.25) is 0 Å². The highest BCUT2D eigenvalue weighted by molar-refractivity contribution is 5.96. The van der Waals surface area contributed by atoms with Crippen molar-refractivity contribution in [1.29, 1.82) is 0 Å². The van der Waals surface area contributed by atoms with Gasteiger partial charge in [0.1, 0.15) is 5.75 Å². The number of carbonyl (C=O) groups excluding carboxylic acids is 2. The lowest BCUT2D eigenvalue weighted by molar-refractivity contribution is -0.117. The molecular weight excluding hydrogens is 328 g/mol. The molecule has 136 valence electrons. The molecule has 1 fully saturated rings. The van der Waals surface area contributed by atoms with E-state index in [1.165, 1.54) is 0 Å². The van der Waals surface area contributed by atoms with Crippen molar-refractivity contribution in [2.24, 2.45) is 5.92 Å². The molecule has 1 heterocycles. The van der Waals surface area contributed by atoms with Crippen LogP contribution in [0.15, 0.2) is 48.5 Å². The van der Waals surface area contributed by atoms with Crippen LogP contribution in [0.3, 0.4) is 0 Å². The third-order valence-corrected chi connectivity index (χ3v) is 4.50. The van der Waals surface area contributed by atoms with Gasteiger partial charge in [-0.25, -0.2) is 0 Å². The Bertz CT molecular complexity index is 786. The van der Waals surface area contributed by atoms with Gasteiger partial charge in [0.05, 0.1) is 6.61 Å². The first-order valence-electron chi connectivity index (χ1n) is 8.95. The molecule has 1 saturated heterocycles. The van der Waals surface area contributed by atoms with Crippen LogP contribution >= 0.6 is 0 Å². The highest BCUT2D eigenvalue weighted by Crippen LogP contribution is 2.26. The Morgan fingerprint density at radius 3 is 2.69 bits per heavy atom. The molecular formula is C21H24N2O3. The molecule has 1 aliphatic rings. The monoisotopic (exact) mass is 352 g/mol. The van der Waals surface area contributed by atoms with E-state index in [4.69, 9.17) is 4.74 Å². The SMILES string of the molecule is CCOc1ccc(N2CC(CNC(=O)c3cccc(C)c3)CC2=O)cc1. The number of rotatable bonds is 6. The third-order valence-electron chi connectivity index (χ3n) is 4.50. The molecule has 3 rings (SSSR count). The first-order valence-corrected chi connectivity index (χ1v) is 8.95. The van der Waals surface area contributed by atoms with Crippen molar-refractivity contribution in [2.75, 3.05) is 24.6 Å². The molecule has 5 nitrogen and oxygen atoms in total. The third kappa shape index (κ3) is 4.23. The minimum absolute atomic E-state index is 0.0870. The molecule has 0 radical (unpaired) electrons. The summed E-state index contributed by atoms with van der Waals surface area (Å²) < 4.78 is 5.44. The number of carbonyl (C=O) groups is 2. The number of hydrogen-bond donors (Lipinski definition) is 1. The van der Waals surface area contributed by atoms with E-state index in [1.807, 2.05) is 56.3 Å². The molecule has 1 atom stereocenters. The lowest BCUT2D eigenvalue weighted by Gasteiger charge is -2.17. The van der Waals surface area contributed by atoms with E-state index in [2.05, 4.69) is 5.32 Å². The van der Waals surface area contributed by atoms with Gasteiger partial charge in [-0.15, -0.1) is 0 Å². The predicted molar refractivity (Wildman–Crippen MR) is 102 cm³/mol. The fraction of sp³-hybridized carbons (Fsp3) is 0.333. The first kappa shape index (κ1) is 18.0. The Labute approximate surface area is 154 Å². The summed E-state index contributed by atoms with van der Waals surface area (Å²) in [5.74, 6) is 0.900. The average Bonchev–Trinajstić information content (AvgIpc) is 3.01. The maximum absolute atomic E-state index is 12.3. The van der Waals surface area contributed by atoms with Crippen molar-refractivity contribution in [1.82, 2.24) is 5.32 Å². The summed E-state index contributed by atoms with van der Waals surface area (Å²) >= 11 is 0. The Balaban J connectivity index is 1.56. The summed E-state index contributed by atoms with van der Waals surface area (Å²) in [5.41, 5.74) is 2.57. The standard InChI is InChI=1S/C21H24N2O3/c1-3-26-19-9-7-18(8-10-19)23-14-16(12-20(23)24)13-22-21(25)17-6-4-5-15(2)11-17/h4-11,16H,3,12-14H2,1-2H3,(H,22,25). The van der Waals surface area contributed by atoms with E-state index in [1.54, 1.807) is 11.0 Å². The number of aryl methyl sites for hydroxylation is 1. The van der Waals surface area contributed by atoms with E-state index >= 15 is 0 Å². The molecule has 1 unspecified atom stereocenters. The second kappa shape index (κ2) is 8.04. The van der Waals surface area contributed by atoms with Crippen molar-refractivity contribution >= 4 is 17.5 Å². The van der Waals surface area contributed by atoms with E-state index in [0.717, 1.165) is 17.0 Å². The second-order valence-corrected chi connectivity index (χ2v) is 6.58. The number of amides is 2. The Morgan fingerprint density at radius 2 is 2.00 bits per heavy atom. The molecule has 0 saturated carbocycles. The minimum atomic E-state index is -0.0966. The largest absolute Gasteiger partial charge is 0.494 e. The Kier molecular flexibility index (Phi) is 5.56. The van der Waals surface area contributed by atoms with Gasteiger partial charge < -0.3 is 15.0 Å². The molecule has 0 bridgehead atoms. The van der Waals surface area contributed by atoms with Crippen LogP contribution in [0, 0.1) is 12.8 Å². The van der Waals surface area contributed by atoms with Gasteiger partial charge in [0.25, 0.3) is 5.91 Å². The Morgan fingerprint density at radius 1 is 1.23 bits per heavy atom. The molecule has 0 spiro atoms. The maximum Gasteiger partial charge on any atom is 0.251 e. The first-order chi connectivity index (χ1) is 12.6. The molecule has 2 amide bonds. The predicted octanol–water partition coefficient (Wildman–Crippen LogP) is 3.18. The maximum atomic E-state index is 12.3. The number of ether oxygens (including phenoxy) is 1. The molecule has 0 aliphatic carbocycles. The Hall–Kier alpha value is -2.82. The molecule has 5 heteroatoms. The summed E-state index contributed by atoms with van der Waals surface area (Å²) in [5, 5.41) is 2.95. The van der Waals surface area contributed by atoms with Crippen molar-refractivity contribution in [3.63, 3.8) is 0 Å². The van der Waals surface area contributed by atoms with Crippen LogP contribution in [0.4, 0.5) is 5.69 Å². The zero-order chi connectivity index (χ0) is 18.5. The lowest BCUT2D eigenvalue weighted by atomic mass is 10.1. The highest BCUT2D eigenvalue weighted by Gasteiger charge is 2.30. The summed E-state index contributed by atoms with van der Waals surface area (Å²) in [6, 6.07) is 15.0. The fourth-order valence-corrected chi connectivity index (χ4v) is 3.18. The quantitative estimate of drug-likeness (QED) is 0.869. The molecule has 1 N–H and O–H groups in total. The van der Waals surface area contributed by atoms with Crippen molar-refractivity contribution in [2.45, 2.75) is 20.3 Å². The van der Waals surface area contributed by atoms with Gasteiger partial charge in [-0.05, 0) is 50.2 Å². The molecule has 26 heavy (non-hydrogen) atoms. The fourth-order valence-electron chi connectivity index (χ4n) is 3.18. The van der Waals surface area contributed by atoms with Crippen molar-refractivity contribution in [3.8, 4) is 5.75 Å². The molecule has 2 aromatic carbocycles. The van der Waals surface area contributed by atoms with Crippen LogP contribution < -0.4 is 15.0 Å². The van der Waals surface area contributed by atoms with Crippen LogP contribution in [0.5, 0.6) is 5.75 Å². The van der Waals surface area contributed by atoms with Gasteiger partial charge >= 0.3 is 0 Å². The summed E-state index contributed by atoms with van der Waals surface area (Å²) in [4.78, 5) is 26.4. The smallest absolute Gasteiger partial charge is 0.251 e. The van der Waals surface area contributed by atoms with E-state index < -0.39 is 0 Å². The van der Waals surface area contributed by atoms with E-state index in [9.17, 15) is 9.59 Å². The molecule has 1 aliphatic heterocycles. The van der Waals surface area contributed by atoms with Crippen molar-refractivity contribution < 1.29 is 14.3 Å². The van der Waals surface area contributed by atoms with Gasteiger partial charge in [0.2, 0.25) is 5.91 Å². The van der Waals surface area contributed by atoms with Crippen LogP contribution in [-0.4, -0.2) is 31.5 Å². The molecule has 0 aromatic heterocycles. The van der Waals surface area contributed by atoms with Gasteiger partial charge in [-0.1, -0.05) is 17.7 Å². The normalized spacial score (nSPS) is 16.6. The minimum Gasteiger partial charge on any atom is -0.494 e. The zero-order valence-corrected chi connectivity index (χ0v) is 15.2. The molecule has 2 aromatic rings. The highest BCUT2D eigenvalue weighted by atomic mass is 16.5. The number of hydrogen-bond acceptors (Lipinski definition) is 3. The lowest BCUT2D eigenvalue weighted by Crippen LogP contribution is -2.31. The van der Waals surface area contributed by atoms with E-state index in [-0.39, 0.29) is 17.7 Å². The second-order valence-electron chi connectivity index (χ2n) is 6.58. The van der Waals surface area contributed by atoms with Gasteiger partial charge in [0.15, 0.2) is 0 Å². The van der Waals surface area contributed by atoms with Gasteiger partial charge in [-0.2, -0.15) is 0 Å². The number of nitrogens with zero attached hydrogens (tertiary/aromatic N) is 1. The van der Waals surface area contributed by atoms with Crippen LogP contribution in [0.25, 0.3) is 0 Å². The number of nitrogens with one attached hydrogen (secondary N) is 1. The average molecular weight is 352 g/mol. The van der Waals surface area contributed by atoms with E-state index in [0.29, 0.717) is 31.7 Å². The summed E-state index contributed by atoms with van der Waals surface area (Å²) in [7, 11) is 0.